The monoisotopic (exact) mass is 255 g/mol. The number of rotatable bonds is 4. The third-order valence-electron chi connectivity index (χ3n) is 2.79. The molecule has 0 N–H and O–H groups in total. The van der Waals surface area contributed by atoms with Gasteiger partial charge in [-0.15, -0.1) is 0 Å². The van der Waals surface area contributed by atoms with Gasteiger partial charge in [0.2, 0.25) is 0 Å². The summed E-state index contributed by atoms with van der Waals surface area (Å²) in [6.45, 7) is 4.06. The van der Waals surface area contributed by atoms with Crippen LogP contribution in [-0.2, 0) is 0 Å². The number of hydrogen-bond acceptors (Lipinski definition) is 0. The van der Waals surface area contributed by atoms with Gasteiger partial charge in [0.05, 0.1) is 0 Å². The molecule has 2 aromatic rings. The lowest BCUT2D eigenvalue weighted by molar-refractivity contribution is 1.21. The molecule has 0 amide bonds. The normalized spacial score (nSPS) is 14.4. The molecule has 0 bridgehead atoms. The maximum atomic E-state index is 7.76. The molecule has 0 heterocycles. The van der Waals surface area contributed by atoms with Crippen molar-refractivity contribution in [2.75, 3.05) is 0 Å². The standard InChI is InChI=1S/C17H19P/c1-3-10-15(2)18(16-11-6-4-7-12-16)17-13-8-5-9-14-17/h4-14H,3H2,1-2H3/b15-10+/i3D. The molecule has 1 heteroatoms. The van der Waals surface area contributed by atoms with Gasteiger partial charge in [0.1, 0.15) is 0 Å². The van der Waals surface area contributed by atoms with E-state index in [0.717, 1.165) is 0 Å². The maximum Gasteiger partial charge on any atom is 0.0307 e. The second-order valence-corrected chi connectivity index (χ2v) is 6.56. The van der Waals surface area contributed by atoms with Crippen LogP contribution in [0.4, 0.5) is 0 Å². The van der Waals surface area contributed by atoms with Crippen molar-refractivity contribution in [3.63, 3.8) is 0 Å². The van der Waals surface area contributed by atoms with E-state index in [1.807, 2.05) is 19.1 Å². The molecule has 0 saturated carbocycles. The molecule has 1 unspecified atom stereocenters. The van der Waals surface area contributed by atoms with Crippen molar-refractivity contribution in [3.8, 4) is 0 Å². The molecule has 2 aromatic carbocycles. The van der Waals surface area contributed by atoms with E-state index >= 15 is 0 Å². The Morgan fingerprint density at radius 1 is 1.00 bits per heavy atom. The molecule has 0 spiro atoms. The van der Waals surface area contributed by atoms with Crippen LogP contribution >= 0.6 is 7.92 Å². The molecule has 0 aliphatic heterocycles. The van der Waals surface area contributed by atoms with E-state index in [0.29, 0.717) is 0 Å². The zero-order chi connectivity index (χ0) is 13.7. The number of hydrogen-bond donors (Lipinski definition) is 0. The molecule has 2 rings (SSSR count). The van der Waals surface area contributed by atoms with Gasteiger partial charge in [0.15, 0.2) is 0 Å². The molecular weight excluding hydrogens is 235 g/mol. The Bertz CT molecular complexity index is 492. The van der Waals surface area contributed by atoms with Gasteiger partial charge in [-0.2, -0.15) is 0 Å². The van der Waals surface area contributed by atoms with Gasteiger partial charge >= 0.3 is 0 Å². The van der Waals surface area contributed by atoms with E-state index in [1.165, 1.54) is 15.9 Å². The molecule has 0 saturated heterocycles. The highest BCUT2D eigenvalue weighted by Crippen LogP contribution is 2.42. The van der Waals surface area contributed by atoms with E-state index in [2.05, 4.69) is 61.5 Å². The fourth-order valence-corrected chi connectivity index (χ4v) is 4.38. The SMILES string of the molecule is [2H]C(C)/C=C(\C)P(c1ccccc1)c1ccccc1. The van der Waals surface area contributed by atoms with Gasteiger partial charge in [-0.05, 0) is 37.2 Å². The minimum atomic E-state index is -0.503. The van der Waals surface area contributed by atoms with Gasteiger partial charge in [0, 0.05) is 1.37 Å². The summed E-state index contributed by atoms with van der Waals surface area (Å²) in [7, 11) is -0.503. The average Bonchev–Trinajstić information content (AvgIpc) is 2.40. The van der Waals surface area contributed by atoms with Crippen molar-refractivity contribution in [2.24, 2.45) is 0 Å². The van der Waals surface area contributed by atoms with Crippen molar-refractivity contribution >= 4 is 18.5 Å². The number of allylic oxidation sites excluding steroid dienone is 2. The molecule has 92 valence electrons. The number of benzene rings is 2. The van der Waals surface area contributed by atoms with Crippen LogP contribution in [0.25, 0.3) is 0 Å². The Morgan fingerprint density at radius 2 is 1.44 bits per heavy atom. The van der Waals surface area contributed by atoms with Crippen molar-refractivity contribution in [2.45, 2.75) is 20.2 Å². The Kier molecular flexibility index (Phi) is 4.23. The highest BCUT2D eigenvalue weighted by atomic mass is 31.1. The van der Waals surface area contributed by atoms with Gasteiger partial charge in [-0.1, -0.05) is 73.7 Å². The summed E-state index contributed by atoms with van der Waals surface area (Å²) in [5.74, 6) is 0. The van der Waals surface area contributed by atoms with E-state index < -0.39 is 7.92 Å². The summed E-state index contributed by atoms with van der Waals surface area (Å²) >= 11 is 0. The van der Waals surface area contributed by atoms with Gasteiger partial charge in [0.25, 0.3) is 0 Å². The predicted molar refractivity (Wildman–Crippen MR) is 83.1 cm³/mol. The molecule has 0 aliphatic rings. The summed E-state index contributed by atoms with van der Waals surface area (Å²) in [5.41, 5.74) is 0. The molecule has 0 nitrogen and oxygen atoms in total. The summed E-state index contributed by atoms with van der Waals surface area (Å²) in [6, 6.07) is 21.2. The van der Waals surface area contributed by atoms with Crippen LogP contribution in [0.3, 0.4) is 0 Å². The van der Waals surface area contributed by atoms with Crippen molar-refractivity contribution < 1.29 is 1.37 Å². The zero-order valence-electron chi connectivity index (χ0n) is 11.9. The first-order chi connectivity index (χ1) is 9.18. The van der Waals surface area contributed by atoms with Gasteiger partial charge in [-0.25, -0.2) is 0 Å². The van der Waals surface area contributed by atoms with Crippen LogP contribution in [0.1, 0.15) is 21.6 Å². The van der Waals surface area contributed by atoms with Crippen molar-refractivity contribution in [3.05, 3.63) is 72.1 Å². The first-order valence-electron chi connectivity index (χ1n) is 6.77. The molecule has 1 atom stereocenters. The highest BCUT2D eigenvalue weighted by molar-refractivity contribution is 7.76. The van der Waals surface area contributed by atoms with Crippen LogP contribution < -0.4 is 10.6 Å². The third kappa shape index (κ3) is 3.09. The lowest BCUT2D eigenvalue weighted by atomic mass is 10.4. The van der Waals surface area contributed by atoms with Crippen LogP contribution in [0.15, 0.2) is 72.1 Å². The molecule has 0 fully saturated rings. The summed E-state index contributed by atoms with van der Waals surface area (Å²) in [5, 5.41) is 3.99. The smallest absolute Gasteiger partial charge is 0.0307 e. The molecule has 0 aliphatic carbocycles. The first-order valence-corrected chi connectivity index (χ1v) is 7.53. The minimum Gasteiger partial charge on any atom is -0.0808 e. The Hall–Kier alpha value is -1.39. The maximum absolute atomic E-state index is 7.76. The first kappa shape index (κ1) is 11.7. The van der Waals surface area contributed by atoms with Gasteiger partial charge < -0.3 is 0 Å². The Morgan fingerprint density at radius 3 is 1.83 bits per heavy atom. The lowest BCUT2D eigenvalue weighted by Gasteiger charge is -2.19. The molecular formula is C17H19P. The lowest BCUT2D eigenvalue weighted by Crippen LogP contribution is -2.11. The largest absolute Gasteiger partial charge is 0.0808 e. The Balaban J connectivity index is 2.46. The predicted octanol–water partition coefficient (Wildman–Crippen LogP) is 4.43. The fourth-order valence-electron chi connectivity index (χ4n) is 2.03. The second-order valence-electron chi connectivity index (χ2n) is 4.15. The van der Waals surface area contributed by atoms with E-state index in [4.69, 9.17) is 1.37 Å². The van der Waals surface area contributed by atoms with Crippen LogP contribution in [0, 0.1) is 0 Å². The fraction of sp³-hybridized carbons (Fsp3) is 0.176. The van der Waals surface area contributed by atoms with Crippen molar-refractivity contribution in [1.29, 1.82) is 0 Å². The Labute approximate surface area is 113 Å². The molecule has 0 aromatic heterocycles. The topological polar surface area (TPSA) is 0 Å². The van der Waals surface area contributed by atoms with Gasteiger partial charge in [-0.3, -0.25) is 0 Å². The quantitative estimate of drug-likeness (QED) is 0.709. The summed E-state index contributed by atoms with van der Waals surface area (Å²) in [4.78, 5) is 0. The molecule has 18 heavy (non-hydrogen) atoms. The van der Waals surface area contributed by atoms with Crippen molar-refractivity contribution in [1.82, 2.24) is 0 Å². The van der Waals surface area contributed by atoms with Crippen LogP contribution in [-0.4, -0.2) is 0 Å². The van der Waals surface area contributed by atoms with E-state index in [-0.39, 0.29) is 6.40 Å². The minimum absolute atomic E-state index is 0.155. The summed E-state index contributed by atoms with van der Waals surface area (Å²) in [6.07, 6.45) is 1.91. The highest BCUT2D eigenvalue weighted by Gasteiger charge is 2.14. The van der Waals surface area contributed by atoms with Crippen LogP contribution in [0.5, 0.6) is 0 Å². The molecule has 0 radical (unpaired) electrons. The second kappa shape index (κ2) is 6.52. The van der Waals surface area contributed by atoms with E-state index in [9.17, 15) is 0 Å². The summed E-state index contributed by atoms with van der Waals surface area (Å²) < 4.78 is 7.76. The zero-order valence-corrected chi connectivity index (χ0v) is 11.8. The third-order valence-corrected chi connectivity index (χ3v) is 5.27. The van der Waals surface area contributed by atoms with E-state index in [1.54, 1.807) is 0 Å². The average molecular weight is 255 g/mol. The van der Waals surface area contributed by atoms with Crippen LogP contribution in [0.2, 0.25) is 0 Å².